The Hall–Kier alpha value is 0.560. The van der Waals surface area contributed by atoms with Gasteiger partial charge in [-0.2, -0.15) is 8.78 Å². The molecule has 0 aliphatic heterocycles. The summed E-state index contributed by atoms with van der Waals surface area (Å²) in [6.07, 6.45) is 0.627. The second kappa shape index (κ2) is 3.81. The van der Waals surface area contributed by atoms with Crippen molar-refractivity contribution in [1.82, 2.24) is 0 Å². The van der Waals surface area contributed by atoms with Gasteiger partial charge in [-0.15, -0.1) is 0 Å². The number of rotatable bonds is 2. The number of hydrogen-bond donors (Lipinski definition) is 0. The van der Waals surface area contributed by atoms with E-state index in [4.69, 9.17) is 0 Å². The van der Waals surface area contributed by atoms with Crippen molar-refractivity contribution < 1.29 is 8.78 Å². The van der Waals surface area contributed by atoms with Crippen LogP contribution in [-0.4, -0.2) is 4.83 Å². The zero-order valence-corrected chi connectivity index (χ0v) is 8.89. The van der Waals surface area contributed by atoms with Crippen LogP contribution in [0, 0.1) is 0 Å². The van der Waals surface area contributed by atoms with Crippen molar-refractivity contribution in [3.8, 4) is 0 Å². The molecule has 0 nitrogen and oxygen atoms in total. The second-order valence-electron chi connectivity index (χ2n) is 1.95. The van der Waals surface area contributed by atoms with E-state index in [0.29, 0.717) is 12.0 Å². The molecule has 0 rings (SSSR count). The summed E-state index contributed by atoms with van der Waals surface area (Å²) in [5.74, 6) is 0. The third-order valence-corrected chi connectivity index (χ3v) is 3.26. The Balaban J connectivity index is 4.47. The molecule has 0 aliphatic carbocycles. The molecular weight excluding hydrogens is 270 g/mol. The van der Waals surface area contributed by atoms with Gasteiger partial charge in [0, 0.05) is 0 Å². The predicted molar refractivity (Wildman–Crippen MR) is 45.8 cm³/mol. The van der Waals surface area contributed by atoms with Gasteiger partial charge in [0.15, 0.2) is 0 Å². The minimum absolute atomic E-state index is 0.0671. The number of hydrogen-bond acceptors (Lipinski definition) is 0. The third kappa shape index (κ3) is 3.10. The Bertz CT molecular complexity index is 146. The molecule has 10 heavy (non-hydrogen) atoms. The first kappa shape index (κ1) is 10.6. The lowest BCUT2D eigenvalue weighted by Gasteiger charge is -2.09. The Labute approximate surface area is 75.9 Å². The third-order valence-electron chi connectivity index (χ3n) is 1.15. The molecule has 60 valence electrons. The largest absolute Gasteiger partial charge is 0.332 e. The fraction of sp³-hybridized carbons (Fsp3) is 0.667. The monoisotopic (exact) mass is 276 g/mol. The molecule has 4 heteroatoms. The van der Waals surface area contributed by atoms with Crippen LogP contribution in [0.1, 0.15) is 20.3 Å². The van der Waals surface area contributed by atoms with Gasteiger partial charge in [0.05, 0.1) is 4.48 Å². The smallest absolute Gasteiger partial charge is 0.188 e. The van der Waals surface area contributed by atoms with Crippen molar-refractivity contribution in [2.75, 3.05) is 0 Å². The lowest BCUT2D eigenvalue weighted by atomic mass is 10.2. The van der Waals surface area contributed by atoms with Crippen LogP contribution in [0.15, 0.2) is 10.1 Å². The first-order valence-electron chi connectivity index (χ1n) is 2.82. The van der Waals surface area contributed by atoms with Gasteiger partial charge in [-0.25, -0.2) is 0 Å². The maximum atomic E-state index is 12.4. The molecule has 0 aliphatic rings. The highest BCUT2D eigenvalue weighted by Gasteiger charge is 2.29. The van der Waals surface area contributed by atoms with Crippen molar-refractivity contribution in [2.24, 2.45) is 0 Å². The number of alkyl halides is 3. The van der Waals surface area contributed by atoms with Crippen molar-refractivity contribution >= 4 is 31.9 Å². The van der Waals surface area contributed by atoms with Gasteiger partial charge in [-0.1, -0.05) is 12.5 Å². The highest BCUT2D eigenvalue weighted by atomic mass is 79.9. The van der Waals surface area contributed by atoms with Gasteiger partial charge in [0.2, 0.25) is 0 Å². The standard InChI is InChI=1S/C6H8Br2F2/c1-3-4(2)5(7)6(8,9)10/h3H2,1-2H3. The number of halogens is 4. The molecule has 0 saturated heterocycles. The maximum Gasteiger partial charge on any atom is 0.332 e. The average molecular weight is 278 g/mol. The Morgan fingerprint density at radius 2 is 1.90 bits per heavy atom. The lowest BCUT2D eigenvalue weighted by Crippen LogP contribution is -2.05. The van der Waals surface area contributed by atoms with Crippen LogP contribution in [0.25, 0.3) is 0 Å². The minimum Gasteiger partial charge on any atom is -0.188 e. The van der Waals surface area contributed by atoms with E-state index in [9.17, 15) is 8.78 Å². The quantitative estimate of drug-likeness (QED) is 0.668. The van der Waals surface area contributed by atoms with Crippen LogP contribution >= 0.6 is 31.9 Å². The Morgan fingerprint density at radius 1 is 1.50 bits per heavy atom. The van der Waals surface area contributed by atoms with Crippen molar-refractivity contribution in [3.63, 3.8) is 0 Å². The summed E-state index contributed by atoms with van der Waals surface area (Å²) in [6.45, 7) is 3.49. The molecule has 0 atom stereocenters. The first-order chi connectivity index (χ1) is 4.39. The maximum absolute atomic E-state index is 12.4. The molecule has 0 spiro atoms. The molecule has 0 aromatic carbocycles. The predicted octanol–water partition coefficient (Wildman–Crippen LogP) is 4.05. The molecule has 0 N–H and O–H groups in total. The molecule has 0 aromatic rings. The summed E-state index contributed by atoms with van der Waals surface area (Å²) in [4.78, 5) is -2.91. The van der Waals surface area contributed by atoms with E-state index >= 15 is 0 Å². The van der Waals surface area contributed by atoms with Crippen LogP contribution in [-0.2, 0) is 0 Å². The summed E-state index contributed by atoms with van der Waals surface area (Å²) in [7, 11) is 0. The van der Waals surface area contributed by atoms with E-state index in [2.05, 4.69) is 31.9 Å². The zero-order chi connectivity index (χ0) is 8.36. The molecule has 0 unspecified atom stereocenters. The molecule has 0 radical (unpaired) electrons. The fourth-order valence-corrected chi connectivity index (χ4v) is 1.02. The second-order valence-corrected chi connectivity index (χ2v) is 3.73. The molecule has 0 amide bonds. The van der Waals surface area contributed by atoms with Gasteiger partial charge >= 0.3 is 4.83 Å². The summed E-state index contributed by atoms with van der Waals surface area (Å²) in [5, 5.41) is 0. The number of allylic oxidation sites excluding steroid dienone is 2. The van der Waals surface area contributed by atoms with E-state index in [0.717, 1.165) is 0 Å². The van der Waals surface area contributed by atoms with E-state index in [1.807, 2.05) is 6.92 Å². The molecule has 0 bridgehead atoms. The molecular formula is C6H8Br2F2. The SMILES string of the molecule is CCC(C)=C(Br)C(F)(F)Br. The topological polar surface area (TPSA) is 0 Å². The van der Waals surface area contributed by atoms with Gasteiger partial charge in [0.1, 0.15) is 0 Å². The summed E-state index contributed by atoms with van der Waals surface area (Å²) in [5.41, 5.74) is 0.655. The van der Waals surface area contributed by atoms with Crippen molar-refractivity contribution in [1.29, 1.82) is 0 Å². The average Bonchev–Trinajstić information content (AvgIpc) is 1.83. The lowest BCUT2D eigenvalue weighted by molar-refractivity contribution is 0.166. The van der Waals surface area contributed by atoms with E-state index < -0.39 is 4.83 Å². The van der Waals surface area contributed by atoms with Crippen molar-refractivity contribution in [2.45, 2.75) is 25.1 Å². The van der Waals surface area contributed by atoms with Gasteiger partial charge in [-0.3, -0.25) is 0 Å². The summed E-state index contributed by atoms with van der Waals surface area (Å²) >= 11 is 5.05. The van der Waals surface area contributed by atoms with E-state index in [1.165, 1.54) is 0 Å². The zero-order valence-electron chi connectivity index (χ0n) is 5.72. The molecule has 0 aromatic heterocycles. The van der Waals surface area contributed by atoms with Gasteiger partial charge in [0.25, 0.3) is 0 Å². The van der Waals surface area contributed by atoms with Crippen LogP contribution in [0.4, 0.5) is 8.78 Å². The van der Waals surface area contributed by atoms with Crippen LogP contribution < -0.4 is 0 Å². The molecule has 0 heterocycles. The van der Waals surface area contributed by atoms with Crippen molar-refractivity contribution in [3.05, 3.63) is 10.1 Å². The van der Waals surface area contributed by atoms with Gasteiger partial charge < -0.3 is 0 Å². The van der Waals surface area contributed by atoms with Crippen LogP contribution in [0.2, 0.25) is 0 Å². The Morgan fingerprint density at radius 3 is 2.00 bits per heavy atom. The van der Waals surface area contributed by atoms with E-state index in [-0.39, 0.29) is 4.48 Å². The first-order valence-corrected chi connectivity index (χ1v) is 4.40. The van der Waals surface area contributed by atoms with E-state index in [1.54, 1.807) is 6.92 Å². The molecule has 0 fully saturated rings. The van der Waals surface area contributed by atoms with Gasteiger partial charge in [-0.05, 0) is 45.2 Å². The van der Waals surface area contributed by atoms with Crippen LogP contribution in [0.5, 0.6) is 0 Å². The Kier molecular flexibility index (Phi) is 4.02. The minimum atomic E-state index is -2.91. The fourth-order valence-electron chi connectivity index (χ4n) is 0.397. The highest BCUT2D eigenvalue weighted by molar-refractivity contribution is 9.14. The normalized spacial score (nSPS) is 15.0. The van der Waals surface area contributed by atoms with Crippen LogP contribution in [0.3, 0.4) is 0 Å². The summed E-state index contributed by atoms with van der Waals surface area (Å²) in [6, 6.07) is 0. The summed E-state index contributed by atoms with van der Waals surface area (Å²) < 4.78 is 24.7. The highest BCUT2D eigenvalue weighted by Crippen LogP contribution is 2.37. The molecule has 0 saturated carbocycles.